The van der Waals surface area contributed by atoms with Crippen molar-refractivity contribution in [2.45, 2.75) is 32.6 Å². The summed E-state index contributed by atoms with van der Waals surface area (Å²) in [4.78, 5) is 11.5. The molecule has 3 aliphatic rings. The summed E-state index contributed by atoms with van der Waals surface area (Å²) in [5, 5.41) is 0. The molecule has 10 rings (SSSR count). The van der Waals surface area contributed by atoms with Gasteiger partial charge in [0.25, 0.3) is 0 Å². The van der Waals surface area contributed by atoms with Gasteiger partial charge in [0.1, 0.15) is 0 Å². The average Bonchev–Trinajstić information content (AvgIpc) is 3.19. The van der Waals surface area contributed by atoms with Gasteiger partial charge in [-0.2, -0.15) is 0 Å². The number of aromatic nitrogens is 2. The molecule has 1 aromatic heterocycles. The Kier molecular flexibility index (Phi) is 7.81. The molecule has 1 saturated carbocycles. The van der Waals surface area contributed by atoms with E-state index in [0.29, 0.717) is 11.8 Å². The predicted octanol–water partition coefficient (Wildman–Crippen LogP) is 11.5. The zero-order valence-electron chi connectivity index (χ0n) is 29.1. The lowest BCUT2D eigenvalue weighted by Gasteiger charge is -2.56. The SMILES string of the molecule is CC1(C)[C@H]2Cc3nc(-c4ccccc4[C-](c4ccccc4)c4ccccc4)c(-c4ccccc4[C-](c4ccccc4)c4ccccc4)nc3[C@@H]1C2. The zero-order chi connectivity index (χ0) is 34.4. The minimum absolute atomic E-state index is 0.227. The summed E-state index contributed by atoms with van der Waals surface area (Å²) < 4.78 is 0. The first kappa shape index (κ1) is 31.1. The second-order valence-corrected chi connectivity index (χ2v) is 14.6. The highest BCUT2D eigenvalue weighted by Crippen LogP contribution is 2.62. The van der Waals surface area contributed by atoms with Gasteiger partial charge in [-0.1, -0.05) is 229 Å². The molecular formula is C49H40N2-2. The van der Waals surface area contributed by atoms with Crippen molar-refractivity contribution in [1.29, 1.82) is 0 Å². The zero-order valence-corrected chi connectivity index (χ0v) is 29.1. The highest BCUT2D eigenvalue weighted by molar-refractivity contribution is 5.86. The lowest BCUT2D eigenvalue weighted by molar-refractivity contribution is 0.0139. The van der Waals surface area contributed by atoms with Crippen LogP contribution in [0.5, 0.6) is 0 Å². The normalized spacial score (nSPS) is 16.8. The number of benzene rings is 6. The van der Waals surface area contributed by atoms with E-state index in [0.717, 1.165) is 45.8 Å². The van der Waals surface area contributed by atoms with Gasteiger partial charge < -0.3 is 0 Å². The molecular weight excluding hydrogens is 617 g/mol. The maximum atomic E-state index is 5.77. The predicted molar refractivity (Wildman–Crippen MR) is 208 cm³/mol. The summed E-state index contributed by atoms with van der Waals surface area (Å²) in [6.07, 6.45) is 2.17. The van der Waals surface area contributed by atoms with Crippen LogP contribution in [0.3, 0.4) is 0 Å². The van der Waals surface area contributed by atoms with Crippen LogP contribution < -0.4 is 0 Å². The molecule has 0 aliphatic heterocycles. The molecule has 2 bridgehead atoms. The van der Waals surface area contributed by atoms with Gasteiger partial charge in [-0.05, 0) is 35.3 Å². The molecule has 0 N–H and O–H groups in total. The van der Waals surface area contributed by atoms with Crippen molar-refractivity contribution in [3.63, 3.8) is 0 Å². The monoisotopic (exact) mass is 656 g/mol. The first-order valence-corrected chi connectivity index (χ1v) is 18.1. The van der Waals surface area contributed by atoms with Gasteiger partial charge in [0.05, 0.1) is 22.8 Å². The molecule has 3 aliphatic carbocycles. The summed E-state index contributed by atoms with van der Waals surface area (Å²) in [7, 11) is 0. The first-order chi connectivity index (χ1) is 25.1. The van der Waals surface area contributed by atoms with Crippen LogP contribution >= 0.6 is 0 Å². The standard InChI is InChI=1S/C49H40N2/c1-49(2)37-31-42(49)48-43(32-37)50-46(40-29-17-15-27-38(40)44(33-19-7-3-8-20-33)34-21-9-4-10-22-34)47(51-48)41-30-18-16-28-39(41)45(35-23-11-5-12-24-35)36-25-13-6-14-26-36/h3-30,37,42H,31-32H2,1-2H3/q-2/t37-,42+/m1/s1. The summed E-state index contributed by atoms with van der Waals surface area (Å²) >= 11 is 0. The largest absolute Gasteiger partial charge is 0.255 e. The Morgan fingerprint density at radius 2 is 0.843 bits per heavy atom. The van der Waals surface area contributed by atoms with E-state index in [-0.39, 0.29) is 5.41 Å². The molecule has 248 valence electrons. The second kappa shape index (κ2) is 12.8. The van der Waals surface area contributed by atoms with E-state index >= 15 is 0 Å². The number of rotatable bonds is 8. The Morgan fingerprint density at radius 3 is 1.25 bits per heavy atom. The van der Waals surface area contributed by atoms with Crippen LogP contribution in [0.15, 0.2) is 170 Å². The average molecular weight is 657 g/mol. The van der Waals surface area contributed by atoms with Gasteiger partial charge in [-0.25, -0.2) is 0 Å². The van der Waals surface area contributed by atoms with Gasteiger partial charge in [-0.15, -0.1) is 0 Å². The van der Waals surface area contributed by atoms with Crippen molar-refractivity contribution < 1.29 is 0 Å². The van der Waals surface area contributed by atoms with Crippen molar-refractivity contribution in [2.24, 2.45) is 11.3 Å². The fourth-order valence-corrected chi connectivity index (χ4v) is 8.54. The lowest BCUT2D eigenvalue weighted by atomic mass is 9.49. The van der Waals surface area contributed by atoms with E-state index < -0.39 is 0 Å². The van der Waals surface area contributed by atoms with Gasteiger partial charge in [0, 0.05) is 5.92 Å². The van der Waals surface area contributed by atoms with E-state index in [9.17, 15) is 0 Å². The molecule has 7 aromatic rings. The van der Waals surface area contributed by atoms with Crippen molar-refractivity contribution >= 4 is 0 Å². The fraction of sp³-hybridized carbons (Fsp3) is 0.143. The molecule has 2 heteroatoms. The van der Waals surface area contributed by atoms with E-state index in [2.05, 4.69) is 184 Å². The van der Waals surface area contributed by atoms with Crippen LogP contribution in [0.1, 0.15) is 71.0 Å². The van der Waals surface area contributed by atoms with Gasteiger partial charge >= 0.3 is 0 Å². The van der Waals surface area contributed by atoms with Gasteiger partial charge in [-0.3, -0.25) is 9.97 Å². The summed E-state index contributed by atoms with van der Waals surface area (Å²) in [6, 6.07) is 60.7. The quantitative estimate of drug-likeness (QED) is 0.120. The maximum absolute atomic E-state index is 5.77. The van der Waals surface area contributed by atoms with E-state index in [1.54, 1.807) is 0 Å². The molecule has 1 fully saturated rings. The third-order valence-corrected chi connectivity index (χ3v) is 11.4. The molecule has 2 nitrogen and oxygen atoms in total. The molecule has 6 aromatic carbocycles. The second-order valence-electron chi connectivity index (χ2n) is 14.6. The van der Waals surface area contributed by atoms with Crippen molar-refractivity contribution in [2.75, 3.05) is 0 Å². The maximum Gasteiger partial charge on any atom is 0.0683 e. The highest BCUT2D eigenvalue weighted by Gasteiger charge is 2.54. The fourth-order valence-electron chi connectivity index (χ4n) is 8.54. The summed E-state index contributed by atoms with van der Waals surface area (Å²) in [5.41, 5.74) is 13.7. The molecule has 0 amide bonds. The van der Waals surface area contributed by atoms with Crippen molar-refractivity contribution in [1.82, 2.24) is 9.97 Å². The molecule has 2 atom stereocenters. The minimum Gasteiger partial charge on any atom is -0.255 e. The number of hydrogen-bond acceptors (Lipinski definition) is 2. The molecule has 1 heterocycles. The molecule has 51 heavy (non-hydrogen) atoms. The minimum atomic E-state index is 0.227. The molecule has 0 radical (unpaired) electrons. The van der Waals surface area contributed by atoms with E-state index in [1.807, 2.05) is 0 Å². The van der Waals surface area contributed by atoms with E-state index in [1.165, 1.54) is 46.2 Å². The first-order valence-electron chi connectivity index (χ1n) is 18.1. The van der Waals surface area contributed by atoms with Crippen molar-refractivity contribution in [3.05, 3.63) is 226 Å². The smallest absolute Gasteiger partial charge is 0.0683 e. The van der Waals surface area contributed by atoms with Gasteiger partial charge in [0.15, 0.2) is 0 Å². The van der Waals surface area contributed by atoms with Crippen LogP contribution in [0.25, 0.3) is 22.5 Å². The Hall–Kier alpha value is -5.86. The summed E-state index contributed by atoms with van der Waals surface area (Å²) in [5.74, 6) is 3.43. The third kappa shape index (κ3) is 5.43. The lowest BCUT2D eigenvalue weighted by Crippen LogP contribution is -2.49. The van der Waals surface area contributed by atoms with Crippen molar-refractivity contribution in [3.8, 4) is 22.5 Å². The molecule has 0 spiro atoms. The Balaban J connectivity index is 1.31. The Morgan fingerprint density at radius 1 is 0.471 bits per heavy atom. The highest BCUT2D eigenvalue weighted by atomic mass is 14.9. The number of hydrogen-bond donors (Lipinski definition) is 0. The third-order valence-electron chi connectivity index (χ3n) is 11.4. The van der Waals surface area contributed by atoms with Crippen LogP contribution in [0.4, 0.5) is 0 Å². The van der Waals surface area contributed by atoms with Crippen LogP contribution in [0.2, 0.25) is 0 Å². The van der Waals surface area contributed by atoms with E-state index in [4.69, 9.17) is 9.97 Å². The van der Waals surface area contributed by atoms with Crippen LogP contribution in [-0.2, 0) is 6.42 Å². The number of nitrogens with zero attached hydrogens (tertiary/aromatic N) is 2. The van der Waals surface area contributed by atoms with Crippen LogP contribution in [-0.4, -0.2) is 9.97 Å². The Labute approximate surface area is 301 Å². The molecule has 0 saturated heterocycles. The summed E-state index contributed by atoms with van der Waals surface area (Å²) in [6.45, 7) is 4.84. The van der Waals surface area contributed by atoms with Crippen LogP contribution in [0, 0.1) is 23.2 Å². The topological polar surface area (TPSA) is 25.8 Å². The Bertz CT molecular complexity index is 2220. The van der Waals surface area contributed by atoms with Gasteiger partial charge in [0.2, 0.25) is 0 Å². The molecule has 0 unspecified atom stereocenters.